The number of hydrogen-bond acceptors (Lipinski definition) is 54. The highest BCUT2D eigenvalue weighted by Crippen LogP contribution is 2.38. The number of rotatable bonds is 58. The molecule has 0 bridgehead atoms. The Kier molecular flexibility index (Phi) is 41.7. The molecule has 7 unspecified atom stereocenters. The van der Waals surface area contributed by atoms with E-state index in [1.165, 1.54) is 0 Å². The van der Waals surface area contributed by atoms with E-state index in [2.05, 4.69) is 66.9 Å². The lowest BCUT2D eigenvalue weighted by molar-refractivity contribution is -0.312. The molecule has 2 aliphatic heterocycles. The van der Waals surface area contributed by atoms with Crippen molar-refractivity contribution in [2.24, 2.45) is 0 Å². The van der Waals surface area contributed by atoms with Crippen LogP contribution in [0.25, 0.3) is 0 Å². The molecule has 88 heteroatoms. The molecule has 720 valence electrons. The molecule has 18 N–H and O–H groups in total. The molecule has 0 spiro atoms. The van der Waals surface area contributed by atoms with E-state index in [0.29, 0.717) is 0 Å². The van der Waals surface area contributed by atoms with Crippen LogP contribution in [0.3, 0.4) is 0 Å². The van der Waals surface area contributed by atoms with Crippen LogP contribution in [0, 0.1) is 0 Å². The van der Waals surface area contributed by atoms with Gasteiger partial charge in [-0.25, -0.2) is 66.9 Å². The van der Waals surface area contributed by atoms with Gasteiger partial charge in [0.15, 0.2) is 37.0 Å². The molecule has 0 aromatic rings. The predicted molar refractivity (Wildman–Crippen MR) is 352 cm³/mol. The summed E-state index contributed by atoms with van der Waals surface area (Å²) in [7, 11) is -103. The Labute approximate surface area is 682 Å². The van der Waals surface area contributed by atoms with E-state index >= 15 is 0 Å². The van der Waals surface area contributed by atoms with Crippen molar-refractivity contribution in [1.82, 2.24) is 10.6 Å². The molecule has 0 radical (unpaired) electrons. The molecule has 2 aliphatic rings. The fraction of sp³-hybridized carbons (Fsp3) is 0.939. The van der Waals surface area contributed by atoms with E-state index in [1.807, 2.05) is 0 Å². The van der Waals surface area contributed by atoms with E-state index in [0.717, 1.165) is 0 Å². The maximum Gasteiger partial charge on any atom is 0.398 e. The molecule has 0 aliphatic carbocycles. The molecular weight excluding hydrogens is 2060 g/mol. The minimum absolute atomic E-state index is 0.112. The van der Waals surface area contributed by atoms with Crippen LogP contribution in [-0.2, 0) is 262 Å². The number of nitrogens with one attached hydrogen (secondary N) is 2. The second-order valence-corrected chi connectivity index (χ2v) is 39.1. The highest BCUT2D eigenvalue weighted by molar-refractivity contribution is 7.84. The van der Waals surface area contributed by atoms with Gasteiger partial charge < -0.3 is 29.6 Å². The second kappa shape index (κ2) is 44.3. The summed E-state index contributed by atoms with van der Waals surface area (Å²) in [5.41, 5.74) is 0. The van der Waals surface area contributed by atoms with Gasteiger partial charge >= 0.3 is 166 Å². The van der Waals surface area contributed by atoms with E-state index in [-0.39, 0.29) is 32.1 Å². The summed E-state index contributed by atoms with van der Waals surface area (Å²) >= 11 is 0. The average Bonchev–Trinajstić information content (AvgIpc) is 0.766. The number of amides is 2. The lowest BCUT2D eigenvalue weighted by Gasteiger charge is -2.45. The minimum atomic E-state index is -6.72. The van der Waals surface area contributed by atoms with E-state index < -0.39 is 341 Å². The first-order chi connectivity index (χ1) is 53.8. The first-order valence-electron chi connectivity index (χ1n) is 29.3. The number of carbonyl (C=O) groups is 2. The second-order valence-electron chi connectivity index (χ2n) is 22.1. The molecule has 0 aromatic heterocycles. The molecular formula is C33H62N2O70S16. The summed E-state index contributed by atoms with van der Waals surface area (Å²) in [5.74, 6) is -4.73. The van der Waals surface area contributed by atoms with Crippen molar-refractivity contribution in [2.45, 2.75) is 155 Å². The normalized spacial score (nSPS) is 23.7. The Bertz CT molecular complexity index is 5150. The van der Waals surface area contributed by atoms with Gasteiger partial charge in [0.25, 0.3) is 11.8 Å². The van der Waals surface area contributed by atoms with E-state index in [9.17, 15) is 217 Å². The molecule has 0 saturated carbocycles. The lowest BCUT2D eigenvalue weighted by Crippen LogP contribution is -2.65. The molecule has 0 aromatic carbocycles. The first kappa shape index (κ1) is 114. The van der Waals surface area contributed by atoms with Gasteiger partial charge in [-0.2, -0.15) is 135 Å². The van der Waals surface area contributed by atoms with Crippen LogP contribution in [-0.4, -0.2) is 369 Å². The van der Waals surface area contributed by atoms with Crippen LogP contribution in [0.4, 0.5) is 0 Å². The first-order valence-corrected chi connectivity index (χ1v) is 51.1. The molecule has 2 amide bonds. The summed E-state index contributed by atoms with van der Waals surface area (Å²) in [4.78, 5) is 28.0. The Morgan fingerprint density at radius 3 is 0.702 bits per heavy atom. The molecule has 2 fully saturated rings. The SMILES string of the molecule is O=C(NCCCCCCCCCNC(=O)C(OS(=O)(=O)O)C(OS(=O)(=O)O)[C@H](O[C@@H]1O[C@H](COS(=O)(=O)O)[C@H](OS(=O)(=O)O)[C@H](OS(=O)(=O)O)[C@H]1OS(=O)(=O)O)C(COS(=O)(=O)O)OS(=O)(=O)O)C(OS(=O)(=O)O)C(OS(=O)(=O)O)C(O[C@H]1O[C@@H](COS(=O)(=O)O)[C@@H](OS(=O)(=O)O)[C@@H](OS(=O)(=O)O)[C@@H]1OS(=O)(=O)O)C(COS(=O)(=O)O)OS(=O)(=O)O. The maximum absolute atomic E-state index is 14.0. The molecule has 2 rings (SSSR count). The number of hydrogen-bond donors (Lipinski definition) is 18. The van der Waals surface area contributed by atoms with Crippen molar-refractivity contribution >= 4 is 178 Å². The topological polar surface area (TPSA) is 1110 Å². The number of ether oxygens (including phenoxy) is 4. The van der Waals surface area contributed by atoms with Crippen molar-refractivity contribution in [3.05, 3.63) is 0 Å². The van der Waals surface area contributed by atoms with E-state index in [1.54, 1.807) is 10.6 Å². The molecule has 2 heterocycles. The van der Waals surface area contributed by atoms with Crippen molar-refractivity contribution in [3.8, 4) is 0 Å². The zero-order valence-corrected chi connectivity index (χ0v) is 70.4. The number of unbranched alkanes of at least 4 members (excludes halogenated alkanes) is 6. The maximum atomic E-state index is 14.0. The van der Waals surface area contributed by atoms with Crippen LogP contribution >= 0.6 is 0 Å². The monoisotopic (exact) mass is 2120 g/mol. The summed E-state index contributed by atoms with van der Waals surface area (Å²) in [6.07, 6.45) is -69.3. The van der Waals surface area contributed by atoms with E-state index in [4.69, 9.17) is 18.9 Å². The van der Waals surface area contributed by atoms with Crippen molar-refractivity contribution in [1.29, 1.82) is 0 Å². The summed E-state index contributed by atoms with van der Waals surface area (Å²) < 4.78 is 628. The fourth-order valence-corrected chi connectivity index (χ4v) is 16.5. The van der Waals surface area contributed by atoms with Gasteiger partial charge in [0.1, 0.15) is 73.2 Å². The van der Waals surface area contributed by atoms with Gasteiger partial charge in [-0.3, -0.25) is 82.4 Å². The smallest absolute Gasteiger partial charge is 0.354 e. The summed E-state index contributed by atoms with van der Waals surface area (Å²) in [5, 5.41) is 3.37. The quantitative estimate of drug-likeness (QED) is 0.0199. The molecule has 72 nitrogen and oxygen atoms in total. The minimum Gasteiger partial charge on any atom is -0.354 e. The Morgan fingerprint density at radius 2 is 0.479 bits per heavy atom. The van der Waals surface area contributed by atoms with Gasteiger partial charge in [-0.1, -0.05) is 32.1 Å². The predicted octanol–water partition coefficient (Wildman–Crippen LogP) is -12.3. The summed E-state index contributed by atoms with van der Waals surface area (Å²) in [6.45, 7) is -11.5. The van der Waals surface area contributed by atoms with Crippen LogP contribution in [0.15, 0.2) is 0 Å². The molecule has 2 saturated heterocycles. The zero-order valence-electron chi connectivity index (χ0n) is 57.3. The van der Waals surface area contributed by atoms with Crippen molar-refractivity contribution in [2.75, 3.05) is 39.5 Å². The largest absolute Gasteiger partial charge is 0.398 e. The van der Waals surface area contributed by atoms with Gasteiger partial charge in [0.2, 0.25) is 0 Å². The van der Waals surface area contributed by atoms with Crippen LogP contribution < -0.4 is 10.6 Å². The number of carbonyl (C=O) groups excluding carboxylic acids is 2. The Balaban J connectivity index is 2.80. The molecule has 121 heavy (non-hydrogen) atoms. The lowest BCUT2D eigenvalue weighted by atomic mass is 9.98. The Morgan fingerprint density at radius 1 is 0.256 bits per heavy atom. The van der Waals surface area contributed by atoms with Crippen LogP contribution in [0.2, 0.25) is 0 Å². The Hall–Kier alpha value is -3.30. The van der Waals surface area contributed by atoms with Crippen LogP contribution in [0.5, 0.6) is 0 Å². The third kappa shape index (κ3) is 50.3. The van der Waals surface area contributed by atoms with Gasteiger partial charge in [0, 0.05) is 13.1 Å². The summed E-state index contributed by atoms with van der Waals surface area (Å²) in [6, 6.07) is 0. The van der Waals surface area contributed by atoms with Crippen LogP contribution in [0.1, 0.15) is 44.9 Å². The fourth-order valence-electron chi connectivity index (χ4n) is 9.44. The van der Waals surface area contributed by atoms with Crippen molar-refractivity contribution in [3.63, 3.8) is 0 Å². The third-order valence-corrected chi connectivity index (χ3v) is 20.4. The van der Waals surface area contributed by atoms with Gasteiger partial charge in [-0.15, -0.1) is 0 Å². The van der Waals surface area contributed by atoms with Crippen molar-refractivity contribution < 1.29 is 303 Å². The van der Waals surface area contributed by atoms with Gasteiger partial charge in [0.05, 0.1) is 26.4 Å². The zero-order chi connectivity index (χ0) is 94.3. The highest BCUT2D eigenvalue weighted by Gasteiger charge is 2.60. The standard InChI is InChI=1S/C33H62N2O70S16/c36-30(26(102-118(74,75)76)22(98-114(62,63)64)18(16(94-110(50,51)52)12-88-108(44,45)46)92-32-28(104-120(80,81)82)24(100-116(68,69)70)20(96-112(56,57)58)14(90-32)10-86-106(38,39)40)34-8-6-4-2-1-3-5-7-9-35-31(37)27(103-119(77,78)79)23(99-115(65,66)67)19(17(95-111(53,54)55)13-89-109(47,48)49)93-33-29(105-121(83,84)85)25(101-117(71,72)73)21(97-113(59,60)61)15(91-33)11-87-107(41,42)43/h14-29,32-33H,1-13H2,(H,34,36)(H,35,37)(H,38,39,40)(H,41,42,43)(H,44,45,46)(H,47,48,49)(H,50,51,52)(H,53,54,55)(H,56,57,58)(H,59,60,61)(H,62,63,64)(H,65,66,67)(H,68,69,70)(H,71,72,73)(H,74,75,76)(H,77,78,79)(H,80,81,82)(H,83,84,85)/t14-,15+,16?,17?,18-,19?,20+,21-,22?,23?,24+,25-,26?,27?,28-,29+,32+,33-/m1/s1. The average molecular weight is 2120 g/mol. The molecule has 18 atom stereocenters. The van der Waals surface area contributed by atoms with Gasteiger partial charge in [-0.05, 0) is 12.8 Å². The third-order valence-electron chi connectivity index (χ3n) is 13.0. The highest BCUT2D eigenvalue weighted by atomic mass is 32.3.